The van der Waals surface area contributed by atoms with Gasteiger partial charge in [-0.1, -0.05) is 18.2 Å². The van der Waals surface area contributed by atoms with Crippen molar-refractivity contribution in [1.29, 1.82) is 0 Å². The van der Waals surface area contributed by atoms with Gasteiger partial charge in [0.1, 0.15) is 12.2 Å². The van der Waals surface area contributed by atoms with E-state index in [9.17, 15) is 15.0 Å². The molecule has 2 aliphatic heterocycles. The minimum atomic E-state index is -0.777. The quantitative estimate of drug-likeness (QED) is 0.711. The molecule has 5 rings (SSSR count). The second kappa shape index (κ2) is 4.99. The van der Waals surface area contributed by atoms with Crippen LogP contribution in [0.15, 0.2) is 24.3 Å². The molecule has 2 aliphatic carbocycles. The molecule has 2 bridgehead atoms. The lowest BCUT2D eigenvalue weighted by Gasteiger charge is -2.57. The van der Waals surface area contributed by atoms with Crippen LogP contribution in [0, 0.1) is 5.92 Å². The Hall–Kier alpha value is -2.05. The van der Waals surface area contributed by atoms with Crippen LogP contribution in [0.3, 0.4) is 0 Å². The fourth-order valence-corrected chi connectivity index (χ4v) is 5.65. The van der Waals surface area contributed by atoms with Gasteiger partial charge in [0.05, 0.1) is 6.42 Å². The van der Waals surface area contributed by atoms with Crippen LogP contribution >= 0.6 is 0 Å². The third-order valence-electron chi connectivity index (χ3n) is 6.60. The highest BCUT2D eigenvalue weighted by molar-refractivity contribution is 5.67. The van der Waals surface area contributed by atoms with Gasteiger partial charge < -0.3 is 20.1 Å². The largest absolute Gasteiger partial charge is 0.504 e. The van der Waals surface area contributed by atoms with E-state index in [4.69, 9.17) is 9.84 Å². The average Bonchev–Trinajstić information content (AvgIpc) is 2.93. The van der Waals surface area contributed by atoms with Crippen molar-refractivity contribution in [2.45, 2.75) is 42.9 Å². The number of aliphatic hydroxyl groups is 1. The first-order valence-electron chi connectivity index (χ1n) is 8.86. The molecule has 4 aliphatic rings. The number of rotatable bonds is 3. The molecule has 25 heavy (non-hydrogen) atoms. The Morgan fingerprint density at radius 1 is 1.36 bits per heavy atom. The molecule has 0 unspecified atom stereocenters. The Morgan fingerprint density at radius 3 is 3.00 bits per heavy atom. The Bertz CT molecular complexity index is 790. The monoisotopic (exact) mass is 343 g/mol. The molecule has 6 heteroatoms. The number of hydrogen-bond acceptors (Lipinski definition) is 5. The zero-order valence-electron chi connectivity index (χ0n) is 13.8. The predicted molar refractivity (Wildman–Crippen MR) is 88.8 cm³/mol. The van der Waals surface area contributed by atoms with E-state index >= 15 is 0 Å². The Labute approximate surface area is 145 Å². The highest BCUT2D eigenvalue weighted by Gasteiger charge is 2.64. The van der Waals surface area contributed by atoms with Crippen LogP contribution in [0.1, 0.15) is 24.0 Å². The van der Waals surface area contributed by atoms with Crippen LogP contribution in [0.25, 0.3) is 0 Å². The smallest absolute Gasteiger partial charge is 0.304 e. The zero-order valence-corrected chi connectivity index (χ0v) is 13.8. The molecule has 1 spiro atoms. The second-order valence-corrected chi connectivity index (χ2v) is 7.63. The van der Waals surface area contributed by atoms with Crippen LogP contribution in [-0.4, -0.2) is 57.5 Å². The standard InChI is InChI=1S/C19H21NO5/c21-13-3-1-10-9-12-11-2-4-14(22)18-19(11,16(10)17(13)25-18)6-8-20(12)7-5-15(23)24/h1-4,11-12,14,18,21-22H,5-9H2,(H,23,24)/t11-,12+,14-,18-,19-/m0/s1. The summed E-state index contributed by atoms with van der Waals surface area (Å²) in [6.07, 6.45) is 4.55. The molecule has 1 aromatic rings. The van der Waals surface area contributed by atoms with E-state index in [0.717, 1.165) is 30.5 Å². The van der Waals surface area contributed by atoms with Crippen molar-refractivity contribution >= 4 is 5.97 Å². The van der Waals surface area contributed by atoms with Crippen molar-refractivity contribution in [3.8, 4) is 11.5 Å². The molecule has 1 aromatic carbocycles. The number of piperidine rings is 1. The number of aliphatic carboxylic acids is 1. The fraction of sp³-hybridized carbons (Fsp3) is 0.526. The van der Waals surface area contributed by atoms with Crippen LogP contribution in [0.5, 0.6) is 11.5 Å². The molecule has 2 heterocycles. The minimum absolute atomic E-state index is 0.135. The number of benzene rings is 1. The summed E-state index contributed by atoms with van der Waals surface area (Å²) in [5, 5.41) is 29.9. The van der Waals surface area contributed by atoms with E-state index in [1.807, 2.05) is 6.07 Å². The van der Waals surface area contributed by atoms with Gasteiger partial charge in [-0.25, -0.2) is 0 Å². The molecule has 0 radical (unpaired) electrons. The molecule has 132 valence electrons. The number of carboxylic acids is 1. The second-order valence-electron chi connectivity index (χ2n) is 7.63. The van der Waals surface area contributed by atoms with Crippen molar-refractivity contribution in [3.05, 3.63) is 35.4 Å². The summed E-state index contributed by atoms with van der Waals surface area (Å²) in [6.45, 7) is 1.32. The summed E-state index contributed by atoms with van der Waals surface area (Å²) >= 11 is 0. The van der Waals surface area contributed by atoms with Gasteiger partial charge >= 0.3 is 5.97 Å². The number of ether oxygens (including phenoxy) is 1. The maximum Gasteiger partial charge on any atom is 0.304 e. The number of nitrogens with zero attached hydrogens (tertiary/aromatic N) is 1. The first-order valence-corrected chi connectivity index (χ1v) is 8.86. The van der Waals surface area contributed by atoms with E-state index in [-0.39, 0.29) is 35.6 Å². The molecule has 5 atom stereocenters. The molecular formula is C19H21NO5. The number of carbonyl (C=O) groups is 1. The third kappa shape index (κ3) is 1.84. The SMILES string of the molecule is O=C(O)CCN1CC[C@]23c4c5ccc(O)c4O[C@H]2[C@@H](O)C=C[C@H]3[C@H]1C5. The molecular weight excluding hydrogens is 322 g/mol. The summed E-state index contributed by atoms with van der Waals surface area (Å²) < 4.78 is 6.09. The van der Waals surface area contributed by atoms with E-state index in [1.165, 1.54) is 0 Å². The first-order chi connectivity index (χ1) is 12.0. The van der Waals surface area contributed by atoms with Crippen molar-refractivity contribution in [3.63, 3.8) is 0 Å². The maximum atomic E-state index is 11.0. The van der Waals surface area contributed by atoms with Gasteiger partial charge in [0, 0.05) is 29.5 Å². The Kier molecular flexibility index (Phi) is 3.04. The normalized spacial score (nSPS) is 37.5. The highest BCUT2D eigenvalue weighted by Crippen LogP contribution is 2.62. The maximum absolute atomic E-state index is 11.0. The number of likely N-dealkylation sites (tertiary alicyclic amines) is 1. The minimum Gasteiger partial charge on any atom is -0.504 e. The van der Waals surface area contributed by atoms with Crippen molar-refractivity contribution in [1.82, 2.24) is 4.90 Å². The summed E-state index contributed by atoms with van der Waals surface area (Å²) in [6, 6.07) is 3.82. The van der Waals surface area contributed by atoms with Crippen molar-refractivity contribution in [2.24, 2.45) is 5.92 Å². The number of aromatic hydroxyl groups is 1. The third-order valence-corrected chi connectivity index (χ3v) is 6.60. The van der Waals surface area contributed by atoms with Gasteiger partial charge in [-0.2, -0.15) is 0 Å². The van der Waals surface area contributed by atoms with Crippen LogP contribution in [0.4, 0.5) is 0 Å². The number of carboxylic acid groups (broad SMARTS) is 1. The number of phenolic OH excluding ortho intramolecular Hbond substituents is 1. The lowest BCUT2D eigenvalue weighted by atomic mass is 9.53. The molecule has 1 saturated heterocycles. The summed E-state index contributed by atoms with van der Waals surface area (Å²) in [4.78, 5) is 13.3. The molecule has 0 saturated carbocycles. The number of phenols is 1. The fourth-order valence-electron chi connectivity index (χ4n) is 5.65. The molecule has 6 nitrogen and oxygen atoms in total. The first kappa shape index (κ1) is 15.2. The molecule has 3 N–H and O–H groups in total. The average molecular weight is 343 g/mol. The van der Waals surface area contributed by atoms with Crippen molar-refractivity contribution < 1.29 is 24.9 Å². The molecule has 0 amide bonds. The van der Waals surface area contributed by atoms with Crippen LogP contribution in [-0.2, 0) is 16.6 Å². The lowest BCUT2D eigenvalue weighted by Crippen LogP contribution is -2.65. The highest BCUT2D eigenvalue weighted by atomic mass is 16.5. The van der Waals surface area contributed by atoms with E-state index < -0.39 is 12.1 Å². The van der Waals surface area contributed by atoms with E-state index in [1.54, 1.807) is 12.1 Å². The van der Waals surface area contributed by atoms with Gasteiger partial charge in [-0.15, -0.1) is 0 Å². The van der Waals surface area contributed by atoms with Crippen LogP contribution < -0.4 is 4.74 Å². The van der Waals surface area contributed by atoms with Crippen LogP contribution in [0.2, 0.25) is 0 Å². The predicted octanol–water partition coefficient (Wildman–Crippen LogP) is 1.04. The summed E-state index contributed by atoms with van der Waals surface area (Å²) in [5.74, 6) is 0.0623. The zero-order chi connectivity index (χ0) is 17.3. The summed E-state index contributed by atoms with van der Waals surface area (Å²) in [5.41, 5.74) is 1.90. The van der Waals surface area contributed by atoms with Gasteiger partial charge in [-0.05, 0) is 31.0 Å². The lowest BCUT2D eigenvalue weighted by molar-refractivity contribution is -0.138. The Morgan fingerprint density at radius 2 is 2.20 bits per heavy atom. The van der Waals surface area contributed by atoms with E-state index in [0.29, 0.717) is 12.3 Å². The van der Waals surface area contributed by atoms with E-state index in [2.05, 4.69) is 11.0 Å². The van der Waals surface area contributed by atoms with Gasteiger partial charge in [-0.3, -0.25) is 9.69 Å². The topological polar surface area (TPSA) is 90.2 Å². The molecule has 0 aromatic heterocycles. The number of hydrogen-bond donors (Lipinski definition) is 3. The van der Waals surface area contributed by atoms with Gasteiger partial charge in [0.15, 0.2) is 11.5 Å². The summed E-state index contributed by atoms with van der Waals surface area (Å²) in [7, 11) is 0. The van der Waals surface area contributed by atoms with Crippen molar-refractivity contribution in [2.75, 3.05) is 13.1 Å². The van der Waals surface area contributed by atoms with Gasteiger partial charge in [0.25, 0.3) is 0 Å². The Balaban J connectivity index is 1.64. The number of aliphatic hydroxyl groups excluding tert-OH is 1. The van der Waals surface area contributed by atoms with Gasteiger partial charge in [0.2, 0.25) is 0 Å². The molecule has 1 fully saturated rings.